The van der Waals surface area contributed by atoms with Gasteiger partial charge in [0.25, 0.3) is 0 Å². The average molecular weight is 451 g/mol. The number of hydrogen-bond donors (Lipinski definition) is 0. The van der Waals surface area contributed by atoms with E-state index in [0.29, 0.717) is 29.8 Å². The summed E-state index contributed by atoms with van der Waals surface area (Å²) in [6.45, 7) is 9.79. The van der Waals surface area contributed by atoms with E-state index in [4.69, 9.17) is 9.47 Å². The number of ketones is 1. The van der Waals surface area contributed by atoms with Crippen molar-refractivity contribution in [2.75, 3.05) is 7.11 Å². The lowest BCUT2D eigenvalue weighted by Crippen LogP contribution is -2.53. The summed E-state index contributed by atoms with van der Waals surface area (Å²) in [4.78, 5) is 12.7. The molecule has 4 aliphatic carbocycles. The van der Waals surface area contributed by atoms with Gasteiger partial charge in [0.1, 0.15) is 11.5 Å². The van der Waals surface area contributed by atoms with Crippen molar-refractivity contribution in [1.29, 1.82) is 0 Å². The van der Waals surface area contributed by atoms with Crippen molar-refractivity contribution in [2.45, 2.75) is 91.8 Å². The number of allylic oxidation sites excluding steroid dienone is 1. The Bertz CT molecular complexity index is 932. The lowest BCUT2D eigenvalue weighted by atomic mass is 9.45. The van der Waals surface area contributed by atoms with Crippen LogP contribution < -0.4 is 4.74 Å². The number of methoxy groups -OCH3 is 1. The fourth-order valence-corrected chi connectivity index (χ4v) is 8.55. The van der Waals surface area contributed by atoms with Crippen molar-refractivity contribution in [2.24, 2.45) is 34.0 Å². The van der Waals surface area contributed by atoms with E-state index in [0.717, 1.165) is 36.8 Å². The van der Waals surface area contributed by atoms with Crippen LogP contribution in [0.15, 0.2) is 35.9 Å². The second-order valence-corrected chi connectivity index (χ2v) is 12.2. The van der Waals surface area contributed by atoms with Crippen molar-refractivity contribution >= 4 is 5.78 Å². The summed E-state index contributed by atoms with van der Waals surface area (Å²) in [5, 5.41) is 0. The molecule has 0 N–H and O–H groups in total. The molecule has 5 unspecified atom stereocenters. The van der Waals surface area contributed by atoms with E-state index in [9.17, 15) is 4.79 Å². The number of ether oxygens (including phenoxy) is 2. The maximum absolute atomic E-state index is 12.7. The number of benzene rings is 1. The van der Waals surface area contributed by atoms with Crippen LogP contribution in [0.5, 0.6) is 5.75 Å². The molecule has 3 saturated carbocycles. The Kier molecular flexibility index (Phi) is 5.79. The van der Waals surface area contributed by atoms with Crippen LogP contribution in [-0.2, 0) is 16.1 Å². The molecule has 4 aliphatic rings. The van der Waals surface area contributed by atoms with Gasteiger partial charge in [-0.3, -0.25) is 4.79 Å². The van der Waals surface area contributed by atoms with Gasteiger partial charge in [0, 0.05) is 5.41 Å². The van der Waals surface area contributed by atoms with E-state index in [-0.39, 0.29) is 10.8 Å². The van der Waals surface area contributed by atoms with Crippen LogP contribution in [0, 0.1) is 34.0 Å². The minimum Gasteiger partial charge on any atom is -0.497 e. The van der Waals surface area contributed by atoms with E-state index in [1.165, 1.54) is 37.7 Å². The maximum atomic E-state index is 12.7. The Morgan fingerprint density at radius 2 is 1.73 bits per heavy atom. The van der Waals surface area contributed by atoms with Crippen molar-refractivity contribution in [3.8, 4) is 5.75 Å². The quantitative estimate of drug-likeness (QED) is 0.447. The number of carbonyl (C=O) groups is 1. The lowest BCUT2D eigenvalue weighted by molar-refractivity contribution is -0.138. The monoisotopic (exact) mass is 450 g/mol. The van der Waals surface area contributed by atoms with Gasteiger partial charge in [-0.25, -0.2) is 0 Å². The first-order valence-electron chi connectivity index (χ1n) is 13.2. The van der Waals surface area contributed by atoms with Crippen LogP contribution >= 0.6 is 0 Å². The van der Waals surface area contributed by atoms with Crippen LogP contribution in [-0.4, -0.2) is 19.0 Å². The summed E-state index contributed by atoms with van der Waals surface area (Å²) in [5.74, 6) is 3.52. The maximum Gasteiger partial charge on any atom is 0.136 e. The van der Waals surface area contributed by atoms with Gasteiger partial charge in [0.2, 0.25) is 0 Å². The van der Waals surface area contributed by atoms with Gasteiger partial charge >= 0.3 is 0 Å². The van der Waals surface area contributed by atoms with Crippen molar-refractivity contribution in [3.63, 3.8) is 0 Å². The molecule has 3 fully saturated rings. The second-order valence-electron chi connectivity index (χ2n) is 12.2. The third-order valence-corrected chi connectivity index (χ3v) is 11.1. The number of rotatable bonds is 5. The highest BCUT2D eigenvalue weighted by Crippen LogP contribution is 2.69. The molecule has 0 aliphatic heterocycles. The zero-order valence-electron chi connectivity index (χ0n) is 21.3. The van der Waals surface area contributed by atoms with E-state index < -0.39 is 0 Å². The van der Waals surface area contributed by atoms with Gasteiger partial charge in [0.15, 0.2) is 0 Å². The van der Waals surface area contributed by atoms with Crippen molar-refractivity contribution in [1.82, 2.24) is 0 Å². The van der Waals surface area contributed by atoms with Gasteiger partial charge in [-0.1, -0.05) is 44.6 Å². The zero-order chi connectivity index (χ0) is 23.4. The van der Waals surface area contributed by atoms with E-state index in [1.807, 2.05) is 19.1 Å². The first kappa shape index (κ1) is 23.1. The highest BCUT2D eigenvalue weighted by molar-refractivity contribution is 5.83. The lowest BCUT2D eigenvalue weighted by Gasteiger charge is -2.59. The Hall–Kier alpha value is -1.61. The molecule has 0 heterocycles. The summed E-state index contributed by atoms with van der Waals surface area (Å²) < 4.78 is 11.7. The van der Waals surface area contributed by atoms with Crippen molar-refractivity contribution in [3.05, 3.63) is 41.5 Å². The molecule has 0 radical (unpaired) electrons. The van der Waals surface area contributed by atoms with Crippen molar-refractivity contribution < 1.29 is 14.3 Å². The predicted molar refractivity (Wildman–Crippen MR) is 132 cm³/mol. The molecular weight excluding hydrogens is 408 g/mol. The van der Waals surface area contributed by atoms with E-state index in [2.05, 4.69) is 39.0 Å². The van der Waals surface area contributed by atoms with Gasteiger partial charge < -0.3 is 9.47 Å². The highest BCUT2D eigenvalue weighted by Gasteiger charge is 2.63. The van der Waals surface area contributed by atoms with Gasteiger partial charge in [-0.2, -0.15) is 0 Å². The highest BCUT2D eigenvalue weighted by atomic mass is 16.5. The standard InChI is InChI=1S/C30H42O3/c1-20(31)29(3)16-14-27-25-11-8-22-18-24(33-19-21-6-9-23(32-5)10-7-21)12-15-28(22,2)26(25)13-17-30(27,29)4/h6-10,24-27H,11-19H2,1-5H3/t24?,25?,26?,27?,28?,29-,30+/m1/s1. The van der Waals surface area contributed by atoms with Gasteiger partial charge in [-0.05, 0) is 105 Å². The summed E-state index contributed by atoms with van der Waals surface area (Å²) in [6.07, 6.45) is 12.4. The molecule has 0 amide bonds. The Morgan fingerprint density at radius 3 is 2.42 bits per heavy atom. The summed E-state index contributed by atoms with van der Waals surface area (Å²) in [7, 11) is 1.70. The number of Topliss-reactive ketones (excluding diaryl/α,β-unsaturated/α-hetero) is 1. The van der Waals surface area contributed by atoms with E-state index >= 15 is 0 Å². The molecule has 1 aromatic rings. The molecular formula is C30H42O3. The van der Waals surface area contributed by atoms with E-state index in [1.54, 1.807) is 12.7 Å². The summed E-state index contributed by atoms with van der Waals surface area (Å²) >= 11 is 0. The number of fused-ring (bicyclic) bond motifs is 5. The van der Waals surface area contributed by atoms with Crippen LogP contribution in [0.3, 0.4) is 0 Å². The normalized spacial score (nSPS) is 42.0. The fraction of sp³-hybridized carbons (Fsp3) is 0.700. The third kappa shape index (κ3) is 3.52. The average Bonchev–Trinajstić information content (AvgIpc) is 3.10. The topological polar surface area (TPSA) is 35.5 Å². The fourth-order valence-electron chi connectivity index (χ4n) is 8.55. The minimum absolute atomic E-state index is 0.125. The molecule has 0 aromatic heterocycles. The summed E-state index contributed by atoms with van der Waals surface area (Å²) in [6, 6.07) is 8.23. The molecule has 0 spiro atoms. The molecule has 0 bridgehead atoms. The molecule has 33 heavy (non-hydrogen) atoms. The molecule has 1 aromatic carbocycles. The molecule has 3 heteroatoms. The molecule has 180 valence electrons. The molecule has 5 rings (SSSR count). The second kappa shape index (κ2) is 8.26. The first-order chi connectivity index (χ1) is 15.7. The first-order valence-corrected chi connectivity index (χ1v) is 13.2. The zero-order valence-corrected chi connectivity index (χ0v) is 21.3. The molecule has 0 saturated heterocycles. The molecule has 7 atom stereocenters. The Labute approximate surface area is 200 Å². The van der Waals surface area contributed by atoms with Crippen LogP contribution in [0.25, 0.3) is 0 Å². The van der Waals surface area contributed by atoms with Crippen LogP contribution in [0.4, 0.5) is 0 Å². The Morgan fingerprint density at radius 1 is 1.00 bits per heavy atom. The van der Waals surface area contributed by atoms with Gasteiger partial charge in [0.05, 0.1) is 19.8 Å². The largest absolute Gasteiger partial charge is 0.497 e. The molecule has 3 nitrogen and oxygen atoms in total. The number of carbonyl (C=O) groups excluding carboxylic acids is 1. The smallest absolute Gasteiger partial charge is 0.136 e. The third-order valence-electron chi connectivity index (χ3n) is 11.1. The van der Waals surface area contributed by atoms with Gasteiger partial charge in [-0.15, -0.1) is 0 Å². The summed E-state index contributed by atoms with van der Waals surface area (Å²) in [5.41, 5.74) is 3.24. The number of hydrogen-bond acceptors (Lipinski definition) is 3. The minimum atomic E-state index is -0.125. The predicted octanol–water partition coefficient (Wildman–Crippen LogP) is 7.14. The van der Waals surface area contributed by atoms with Crippen LogP contribution in [0.1, 0.15) is 84.6 Å². The SMILES string of the molecule is COc1ccc(COC2CCC3(C)C(=CCC4C3CC[C@@]3(C)C4CC[C@]3(C)C(C)=O)C2)cc1. The Balaban J connectivity index is 1.28. The van der Waals surface area contributed by atoms with Crippen LogP contribution in [0.2, 0.25) is 0 Å².